The van der Waals surface area contributed by atoms with E-state index in [9.17, 15) is 20.1 Å². The second-order valence-corrected chi connectivity index (χ2v) is 7.27. The zero-order valence-electron chi connectivity index (χ0n) is 17.1. The molecule has 12 heteroatoms. The number of thioether (sulfide) groups is 1. The first kappa shape index (κ1) is 22.4. The molecule has 0 aliphatic carbocycles. The van der Waals surface area contributed by atoms with E-state index in [2.05, 4.69) is 15.6 Å². The Morgan fingerprint density at radius 2 is 2.06 bits per heavy atom. The van der Waals surface area contributed by atoms with E-state index in [-0.39, 0.29) is 44.9 Å². The Morgan fingerprint density at radius 1 is 1.34 bits per heavy atom. The number of para-hydroxylation sites is 2. The summed E-state index contributed by atoms with van der Waals surface area (Å²) in [4.78, 5) is 28.8. The molecule has 0 atom stereocenters. The number of nitriles is 2. The van der Waals surface area contributed by atoms with Crippen molar-refractivity contribution in [3.8, 4) is 29.1 Å². The highest BCUT2D eigenvalue weighted by Gasteiger charge is 2.31. The number of aromatic nitrogens is 3. The van der Waals surface area contributed by atoms with Crippen LogP contribution in [0.2, 0.25) is 0 Å². The van der Waals surface area contributed by atoms with Gasteiger partial charge in [0.2, 0.25) is 5.91 Å². The molecule has 1 aromatic carbocycles. The summed E-state index contributed by atoms with van der Waals surface area (Å²) in [5, 5.41) is 24.5. The lowest BCUT2D eigenvalue weighted by molar-refractivity contribution is -0.730. The fourth-order valence-corrected chi connectivity index (χ4v) is 3.72. The highest BCUT2D eigenvalue weighted by Crippen LogP contribution is 2.33. The van der Waals surface area contributed by atoms with Crippen molar-refractivity contribution in [2.45, 2.75) is 11.9 Å². The lowest BCUT2D eigenvalue weighted by atomic mass is 10.0. The van der Waals surface area contributed by atoms with E-state index in [4.69, 9.17) is 15.0 Å². The highest BCUT2D eigenvalue weighted by molar-refractivity contribution is 8.00. The quantitative estimate of drug-likeness (QED) is 0.352. The zero-order chi connectivity index (χ0) is 23.3. The van der Waals surface area contributed by atoms with Crippen LogP contribution in [0.25, 0.3) is 11.3 Å². The van der Waals surface area contributed by atoms with Gasteiger partial charge in [0.1, 0.15) is 39.9 Å². The minimum absolute atomic E-state index is 0.00963. The summed E-state index contributed by atoms with van der Waals surface area (Å²) in [7, 11) is 1.48. The Kier molecular flexibility index (Phi) is 6.77. The molecule has 0 radical (unpaired) electrons. The molecule has 3 aromatic rings. The first-order chi connectivity index (χ1) is 15.4. The maximum absolute atomic E-state index is 12.5. The third-order valence-corrected chi connectivity index (χ3v) is 5.23. The van der Waals surface area contributed by atoms with Crippen molar-refractivity contribution in [2.75, 3.05) is 23.4 Å². The number of nitrogen functional groups attached to an aromatic ring is 1. The first-order valence-corrected chi connectivity index (χ1v) is 10.3. The summed E-state index contributed by atoms with van der Waals surface area (Å²) in [6.45, 7) is 2.27. The first-order valence-electron chi connectivity index (χ1n) is 9.27. The Hall–Kier alpha value is -4.29. The highest BCUT2D eigenvalue weighted by atomic mass is 32.2. The van der Waals surface area contributed by atoms with E-state index in [1.165, 1.54) is 11.7 Å². The monoisotopic (exact) mass is 452 g/mol. The minimum Gasteiger partial charge on any atom is -0.492 e. The molecule has 0 unspecified atom stereocenters. The number of benzene rings is 1. The van der Waals surface area contributed by atoms with Crippen molar-refractivity contribution >= 4 is 29.2 Å². The Bertz CT molecular complexity index is 1320. The van der Waals surface area contributed by atoms with Gasteiger partial charge in [0, 0.05) is 0 Å². The van der Waals surface area contributed by atoms with Gasteiger partial charge in [0.25, 0.3) is 0 Å². The fourth-order valence-electron chi connectivity index (χ4n) is 2.92. The van der Waals surface area contributed by atoms with Crippen LogP contribution in [0.5, 0.6) is 5.75 Å². The number of pyridine rings is 1. The summed E-state index contributed by atoms with van der Waals surface area (Å²) < 4.78 is 11.5. The number of carbonyl (C=O) groups is 1. The maximum Gasteiger partial charge on any atom is 0.435 e. The van der Waals surface area contributed by atoms with Gasteiger partial charge in [0.05, 0.1) is 23.6 Å². The van der Waals surface area contributed by atoms with Crippen LogP contribution in [0.1, 0.15) is 18.1 Å². The number of ether oxygens (including phenoxy) is 1. The number of aryl methyl sites for hydroxylation is 1. The number of amides is 1. The number of carbonyl (C=O) groups excluding carboxylic acids is 1. The summed E-state index contributed by atoms with van der Waals surface area (Å²) in [6, 6.07) is 10.8. The molecule has 4 N–H and O–H groups in total. The van der Waals surface area contributed by atoms with Crippen LogP contribution in [0.15, 0.2) is 38.6 Å². The molecular weight excluding hydrogens is 434 g/mol. The minimum atomic E-state index is -0.785. The van der Waals surface area contributed by atoms with Crippen LogP contribution in [-0.2, 0) is 11.8 Å². The van der Waals surface area contributed by atoms with Crippen molar-refractivity contribution in [1.29, 1.82) is 10.5 Å². The van der Waals surface area contributed by atoms with Gasteiger partial charge in [-0.15, -0.1) is 0 Å². The van der Waals surface area contributed by atoms with E-state index in [0.717, 1.165) is 11.8 Å². The molecule has 11 nitrogen and oxygen atoms in total. The van der Waals surface area contributed by atoms with E-state index in [1.807, 2.05) is 19.1 Å². The summed E-state index contributed by atoms with van der Waals surface area (Å²) in [6.07, 6.45) is 0. The molecule has 3 rings (SSSR count). The summed E-state index contributed by atoms with van der Waals surface area (Å²) in [5.74, 6) is -0.127. The zero-order valence-corrected chi connectivity index (χ0v) is 17.9. The van der Waals surface area contributed by atoms with Gasteiger partial charge in [0.15, 0.2) is 7.05 Å². The lowest BCUT2D eigenvalue weighted by Crippen LogP contribution is -2.34. The number of nitrogens with two attached hydrogens (primary N) is 1. The topological polar surface area (TPSA) is 175 Å². The predicted molar refractivity (Wildman–Crippen MR) is 115 cm³/mol. The predicted octanol–water partition coefficient (Wildman–Crippen LogP) is 1.31. The smallest absolute Gasteiger partial charge is 0.435 e. The van der Waals surface area contributed by atoms with Crippen molar-refractivity contribution in [1.82, 2.24) is 10.3 Å². The molecule has 0 saturated heterocycles. The molecule has 2 heterocycles. The Morgan fingerprint density at radius 3 is 2.69 bits per heavy atom. The van der Waals surface area contributed by atoms with Crippen LogP contribution in [0.4, 0.5) is 11.5 Å². The molecule has 0 saturated carbocycles. The number of nitrogens with zero attached hydrogens (tertiary/aromatic N) is 4. The van der Waals surface area contributed by atoms with Crippen LogP contribution in [0, 0.1) is 22.7 Å². The van der Waals surface area contributed by atoms with Crippen molar-refractivity contribution in [3.05, 3.63) is 45.8 Å². The number of rotatable bonds is 7. The van der Waals surface area contributed by atoms with E-state index >= 15 is 0 Å². The summed E-state index contributed by atoms with van der Waals surface area (Å²) in [5.41, 5.74) is 5.37. The number of H-pyrrole nitrogens is 1. The van der Waals surface area contributed by atoms with Crippen LogP contribution < -0.4 is 26.1 Å². The van der Waals surface area contributed by atoms with Crippen molar-refractivity contribution < 1.29 is 18.7 Å². The number of hydrogen-bond donors (Lipinski definition) is 3. The van der Waals surface area contributed by atoms with Crippen LogP contribution >= 0.6 is 11.8 Å². The molecule has 0 fully saturated rings. The van der Waals surface area contributed by atoms with Crippen molar-refractivity contribution in [2.24, 2.45) is 7.05 Å². The number of aromatic amines is 1. The maximum atomic E-state index is 12.5. The molecule has 0 bridgehead atoms. The van der Waals surface area contributed by atoms with Gasteiger partial charge in [-0.05, 0) is 24.3 Å². The fraction of sp³-hybridized carbons (Fsp3) is 0.200. The molecule has 32 heavy (non-hydrogen) atoms. The standard InChI is InChI=1S/C20H17N7O4S/c1-3-30-14-7-5-4-6-13(14)24-15(28)10-32-19-12(9-22)16(11(8-21)18(23)25-19)17-20(29)31-26-27(17)2/h4-7H,3,10H2,1-2H3,(H3-,23,24,25,26,28,29)/p+1. The molecule has 1 amide bonds. The van der Waals surface area contributed by atoms with Gasteiger partial charge in [-0.3, -0.25) is 9.32 Å². The molecule has 0 aliphatic rings. The normalized spacial score (nSPS) is 10.2. The van der Waals surface area contributed by atoms with Gasteiger partial charge in [-0.2, -0.15) is 10.5 Å². The van der Waals surface area contributed by atoms with E-state index in [1.54, 1.807) is 24.3 Å². The lowest BCUT2D eigenvalue weighted by Gasteiger charge is -2.12. The molecule has 0 spiro atoms. The number of nitrogens with one attached hydrogen (secondary N) is 2. The SMILES string of the molecule is CCOc1ccccc1NC(=O)CSc1nc(N)c(C#N)c(-c2c(=O)o[nH][n+]2C)c1C#N. The molecule has 0 aliphatic heterocycles. The van der Waals surface area contributed by atoms with Gasteiger partial charge >= 0.3 is 11.3 Å². The Balaban J connectivity index is 1.93. The number of anilines is 2. The second-order valence-electron chi connectivity index (χ2n) is 6.31. The summed E-state index contributed by atoms with van der Waals surface area (Å²) >= 11 is 0.947. The third kappa shape index (κ3) is 4.40. The molecular formula is C20H18N7O4S+. The van der Waals surface area contributed by atoms with Gasteiger partial charge in [-0.25, -0.2) is 9.78 Å². The van der Waals surface area contributed by atoms with E-state index in [0.29, 0.717) is 18.0 Å². The second kappa shape index (κ2) is 9.68. The van der Waals surface area contributed by atoms with Crippen molar-refractivity contribution in [3.63, 3.8) is 0 Å². The average Bonchev–Trinajstić information content (AvgIpc) is 3.11. The van der Waals surface area contributed by atoms with Crippen LogP contribution in [-0.4, -0.2) is 28.5 Å². The average molecular weight is 452 g/mol. The van der Waals surface area contributed by atoms with Gasteiger partial charge in [-0.1, -0.05) is 28.6 Å². The third-order valence-electron chi connectivity index (χ3n) is 4.26. The van der Waals surface area contributed by atoms with Crippen LogP contribution in [0.3, 0.4) is 0 Å². The van der Waals surface area contributed by atoms with E-state index < -0.39 is 5.63 Å². The molecule has 162 valence electrons. The molecule has 2 aromatic heterocycles. The Labute approximate surface area is 186 Å². The van der Waals surface area contributed by atoms with Gasteiger partial charge < -0.3 is 15.8 Å². The largest absolute Gasteiger partial charge is 0.492 e. The number of hydrogen-bond acceptors (Lipinski definition) is 9.